The first-order chi connectivity index (χ1) is 15.1. The van der Waals surface area contributed by atoms with E-state index in [9.17, 15) is 29.4 Å². The molecule has 0 aliphatic rings. The van der Waals surface area contributed by atoms with Gasteiger partial charge in [-0.2, -0.15) is 0 Å². The summed E-state index contributed by atoms with van der Waals surface area (Å²) in [6.07, 6.45) is 9.26. The van der Waals surface area contributed by atoms with Crippen LogP contribution in [0.3, 0.4) is 0 Å². The summed E-state index contributed by atoms with van der Waals surface area (Å²) in [5, 5.41) is 19.0. The molecular weight excluding hydrogens is 452 g/mol. The first-order valence-corrected chi connectivity index (χ1v) is 13.9. The van der Waals surface area contributed by atoms with Crippen LogP contribution in [0.2, 0.25) is 0 Å². The Kier molecular flexibility index (Phi) is 15.9. The van der Waals surface area contributed by atoms with Gasteiger partial charge in [0.05, 0.1) is 0 Å². The fourth-order valence-electron chi connectivity index (χ4n) is 3.02. The number of carboxylic acids is 2. The van der Waals surface area contributed by atoms with E-state index in [0.717, 1.165) is 73.0 Å². The molecule has 2 atom stereocenters. The summed E-state index contributed by atoms with van der Waals surface area (Å²) in [5.41, 5.74) is 7.71. The van der Waals surface area contributed by atoms with Crippen molar-refractivity contribution in [2.75, 3.05) is 11.5 Å². The number of hydrogen-bond donors (Lipinski definition) is 4. The van der Waals surface area contributed by atoms with Crippen molar-refractivity contribution >= 4 is 45.1 Å². The van der Waals surface area contributed by atoms with Gasteiger partial charge >= 0.3 is 11.9 Å². The molecule has 10 heteroatoms. The molecule has 0 rings (SSSR count). The highest BCUT2D eigenvalue weighted by Gasteiger charge is 2.43. The Labute approximate surface area is 199 Å². The maximum absolute atomic E-state index is 12.4. The van der Waals surface area contributed by atoms with E-state index in [2.05, 4.69) is 13.8 Å². The molecular formula is C22H40N2O6S2. The molecule has 0 aliphatic carbocycles. The van der Waals surface area contributed by atoms with Gasteiger partial charge in [-0.3, -0.25) is 9.59 Å². The van der Waals surface area contributed by atoms with Crippen molar-refractivity contribution in [2.45, 2.75) is 102 Å². The maximum Gasteiger partial charge on any atom is 0.332 e. The molecule has 0 radical (unpaired) electrons. The summed E-state index contributed by atoms with van der Waals surface area (Å²) in [6, 6.07) is 0. The van der Waals surface area contributed by atoms with E-state index in [-0.39, 0.29) is 24.3 Å². The zero-order valence-electron chi connectivity index (χ0n) is 19.4. The molecule has 32 heavy (non-hydrogen) atoms. The van der Waals surface area contributed by atoms with E-state index in [1.54, 1.807) is 0 Å². The summed E-state index contributed by atoms with van der Waals surface area (Å²) in [4.78, 5) is 48.2. The van der Waals surface area contributed by atoms with Crippen LogP contribution >= 0.6 is 21.6 Å². The zero-order valence-corrected chi connectivity index (χ0v) is 21.0. The third-order valence-electron chi connectivity index (χ3n) is 5.43. The normalized spacial score (nSPS) is 15.0. The fraction of sp³-hybridized carbons (Fsp3) is 0.818. The second kappa shape index (κ2) is 16.5. The number of aliphatic carboxylic acids is 2. The molecule has 0 saturated heterocycles. The molecule has 0 aromatic rings. The summed E-state index contributed by atoms with van der Waals surface area (Å²) < 4.78 is 0. The van der Waals surface area contributed by atoms with E-state index < -0.39 is 34.6 Å². The van der Waals surface area contributed by atoms with Crippen LogP contribution in [0.4, 0.5) is 0 Å². The minimum Gasteiger partial charge on any atom is -0.480 e. The first-order valence-electron chi connectivity index (χ1n) is 11.4. The molecule has 0 amide bonds. The van der Waals surface area contributed by atoms with Gasteiger partial charge < -0.3 is 21.7 Å². The van der Waals surface area contributed by atoms with Crippen molar-refractivity contribution in [3.05, 3.63) is 0 Å². The standard InChI is InChI=1S/C22H40N2O6S2/c1-3-5-7-9-11-13-17(25)21(23,19(27)28)15-31-32-16-22(24,20(29)30)18(26)14-12-10-8-6-4-2/h3-16,23-24H2,1-2H3,(H,27,28)(H,29,30). The van der Waals surface area contributed by atoms with Crippen LogP contribution in [0.15, 0.2) is 0 Å². The van der Waals surface area contributed by atoms with E-state index in [0.29, 0.717) is 12.8 Å². The average Bonchev–Trinajstić information content (AvgIpc) is 2.75. The number of carbonyl (C=O) groups excluding carboxylic acids is 2. The highest BCUT2D eigenvalue weighted by Crippen LogP contribution is 2.30. The third kappa shape index (κ3) is 10.7. The van der Waals surface area contributed by atoms with Crippen LogP contribution in [0.5, 0.6) is 0 Å². The second-order valence-electron chi connectivity index (χ2n) is 8.25. The molecule has 8 nitrogen and oxygen atoms in total. The molecule has 0 fully saturated rings. The number of Topliss-reactive ketones (excluding diaryl/α,β-unsaturated/α-hetero) is 2. The quantitative estimate of drug-likeness (QED) is 0.105. The van der Waals surface area contributed by atoms with Gasteiger partial charge in [-0.25, -0.2) is 9.59 Å². The summed E-state index contributed by atoms with van der Waals surface area (Å²) in [7, 11) is 1.91. The van der Waals surface area contributed by atoms with Crippen molar-refractivity contribution in [2.24, 2.45) is 11.5 Å². The lowest BCUT2D eigenvalue weighted by molar-refractivity contribution is -0.148. The summed E-state index contributed by atoms with van der Waals surface area (Å²) in [6.45, 7) is 4.16. The lowest BCUT2D eigenvalue weighted by Crippen LogP contribution is -2.58. The van der Waals surface area contributed by atoms with Crippen molar-refractivity contribution in [1.82, 2.24) is 0 Å². The van der Waals surface area contributed by atoms with Gasteiger partial charge in [0.2, 0.25) is 0 Å². The second-order valence-corrected chi connectivity index (χ2v) is 10.7. The van der Waals surface area contributed by atoms with Crippen LogP contribution in [0.1, 0.15) is 90.9 Å². The molecule has 0 aromatic heterocycles. The Morgan fingerprint density at radius 2 is 0.938 bits per heavy atom. The van der Waals surface area contributed by atoms with Gasteiger partial charge in [0.15, 0.2) is 22.6 Å². The highest BCUT2D eigenvalue weighted by atomic mass is 33.1. The third-order valence-corrected chi connectivity index (χ3v) is 7.95. The topological polar surface area (TPSA) is 161 Å². The van der Waals surface area contributed by atoms with Crippen molar-refractivity contribution in [3.63, 3.8) is 0 Å². The average molecular weight is 493 g/mol. The number of nitrogens with two attached hydrogens (primary N) is 2. The van der Waals surface area contributed by atoms with Crippen LogP contribution in [0.25, 0.3) is 0 Å². The van der Waals surface area contributed by atoms with Gasteiger partial charge in [0, 0.05) is 24.3 Å². The molecule has 2 unspecified atom stereocenters. The minimum atomic E-state index is -2.05. The summed E-state index contributed by atoms with van der Waals surface area (Å²) >= 11 is 0. The molecule has 0 spiro atoms. The van der Waals surface area contributed by atoms with Gasteiger partial charge in [0.25, 0.3) is 0 Å². The number of rotatable bonds is 21. The predicted octanol–water partition coefficient (Wildman–Crippen LogP) is 3.79. The molecule has 0 bridgehead atoms. The van der Waals surface area contributed by atoms with Gasteiger partial charge in [-0.15, -0.1) is 0 Å². The van der Waals surface area contributed by atoms with E-state index in [1.165, 1.54) is 0 Å². The van der Waals surface area contributed by atoms with Crippen molar-refractivity contribution in [3.8, 4) is 0 Å². The largest absolute Gasteiger partial charge is 0.480 e. The monoisotopic (exact) mass is 492 g/mol. The van der Waals surface area contributed by atoms with Crippen molar-refractivity contribution in [1.29, 1.82) is 0 Å². The Morgan fingerprint density at radius 3 is 1.22 bits per heavy atom. The highest BCUT2D eigenvalue weighted by molar-refractivity contribution is 8.76. The Hall–Kier alpha value is -1.10. The minimum absolute atomic E-state index is 0.0875. The number of unbranched alkanes of at least 4 members (excludes halogenated alkanes) is 8. The Bertz CT molecular complexity index is 567. The lowest BCUT2D eigenvalue weighted by atomic mass is 9.93. The van der Waals surface area contributed by atoms with Gasteiger partial charge in [-0.05, 0) is 12.8 Å². The lowest BCUT2D eigenvalue weighted by Gasteiger charge is -2.25. The van der Waals surface area contributed by atoms with E-state index >= 15 is 0 Å². The fourth-order valence-corrected chi connectivity index (χ4v) is 5.74. The summed E-state index contributed by atoms with van der Waals surface area (Å²) in [5.74, 6) is -4.39. The maximum atomic E-state index is 12.4. The van der Waals surface area contributed by atoms with Gasteiger partial charge in [0.1, 0.15) is 0 Å². The number of ketones is 2. The molecule has 0 aromatic carbocycles. The molecule has 0 saturated carbocycles. The molecule has 0 aliphatic heterocycles. The SMILES string of the molecule is CCCCCCCC(=O)C(N)(CSSCC(N)(C(=O)O)C(=O)CCCCCCC)C(=O)O. The number of carbonyl (C=O) groups is 4. The van der Waals surface area contributed by atoms with E-state index in [4.69, 9.17) is 11.5 Å². The molecule has 186 valence electrons. The predicted molar refractivity (Wildman–Crippen MR) is 131 cm³/mol. The Balaban J connectivity index is 4.71. The Morgan fingerprint density at radius 1 is 0.625 bits per heavy atom. The van der Waals surface area contributed by atoms with Crippen LogP contribution in [-0.4, -0.2) is 56.3 Å². The zero-order chi connectivity index (χ0) is 24.6. The van der Waals surface area contributed by atoms with E-state index in [1.807, 2.05) is 0 Å². The number of carboxylic acid groups (broad SMARTS) is 2. The van der Waals surface area contributed by atoms with Crippen molar-refractivity contribution < 1.29 is 29.4 Å². The molecule has 6 N–H and O–H groups in total. The van der Waals surface area contributed by atoms with Crippen LogP contribution < -0.4 is 11.5 Å². The first kappa shape index (κ1) is 30.9. The van der Waals surface area contributed by atoms with Crippen LogP contribution in [0, 0.1) is 0 Å². The van der Waals surface area contributed by atoms with Gasteiger partial charge in [-0.1, -0.05) is 86.8 Å². The number of hydrogen-bond acceptors (Lipinski definition) is 8. The molecule has 0 heterocycles. The smallest absolute Gasteiger partial charge is 0.332 e. The van der Waals surface area contributed by atoms with Crippen LogP contribution in [-0.2, 0) is 19.2 Å².